The van der Waals surface area contributed by atoms with Crippen LogP contribution in [-0.4, -0.2) is 53.4 Å². The Kier molecular flexibility index (Phi) is 5.04. The number of hydrogen-bond donors (Lipinski definition) is 0. The number of rotatable bonds is 3. The van der Waals surface area contributed by atoms with Gasteiger partial charge in [-0.2, -0.15) is 0 Å². The Morgan fingerprint density at radius 2 is 2.00 bits per heavy atom. The van der Waals surface area contributed by atoms with Gasteiger partial charge in [-0.05, 0) is 50.3 Å². The number of fused-ring (bicyclic) bond motifs is 1. The average molecular weight is 358 g/mol. The molecule has 0 radical (unpaired) electrons. The molecule has 0 N–H and O–H groups in total. The van der Waals surface area contributed by atoms with Crippen molar-refractivity contribution in [2.45, 2.75) is 38.5 Å². The zero-order valence-electron chi connectivity index (χ0n) is 15.0. The predicted octanol–water partition coefficient (Wildman–Crippen LogP) is 3.73. The van der Waals surface area contributed by atoms with Crippen LogP contribution in [-0.2, 0) is 4.79 Å². The molecule has 4 rings (SSSR count). The summed E-state index contributed by atoms with van der Waals surface area (Å²) >= 11 is 1.82. The number of thiazole rings is 1. The number of aromatic nitrogens is 1. The Morgan fingerprint density at radius 1 is 1.20 bits per heavy atom. The fourth-order valence-corrected chi connectivity index (χ4v) is 5.11. The van der Waals surface area contributed by atoms with Crippen molar-refractivity contribution in [1.82, 2.24) is 14.8 Å². The van der Waals surface area contributed by atoms with Gasteiger partial charge in [0.05, 0.1) is 21.8 Å². The van der Waals surface area contributed by atoms with Gasteiger partial charge in [-0.3, -0.25) is 9.69 Å². The zero-order valence-corrected chi connectivity index (χ0v) is 15.8. The minimum Gasteiger partial charge on any atom is -0.342 e. The highest BCUT2D eigenvalue weighted by atomic mass is 32.1. The van der Waals surface area contributed by atoms with Crippen molar-refractivity contribution in [3.63, 3.8) is 0 Å². The third kappa shape index (κ3) is 3.87. The summed E-state index contributed by atoms with van der Waals surface area (Å²) < 4.78 is 1.27. The molecule has 0 spiro atoms. The maximum absolute atomic E-state index is 12.6. The molecule has 5 heteroatoms. The number of nitrogens with zero attached hydrogens (tertiary/aromatic N) is 3. The fourth-order valence-electron chi connectivity index (χ4n) is 4.01. The summed E-state index contributed by atoms with van der Waals surface area (Å²) in [6, 6.07) is 8.38. The van der Waals surface area contributed by atoms with Gasteiger partial charge >= 0.3 is 0 Å². The molecule has 1 atom stereocenters. The quantitative estimate of drug-likeness (QED) is 0.840. The summed E-state index contributed by atoms with van der Waals surface area (Å²) in [6.07, 6.45) is 4.65. The molecule has 0 unspecified atom stereocenters. The monoisotopic (exact) mass is 357 g/mol. The van der Waals surface area contributed by atoms with E-state index < -0.39 is 0 Å². The number of hydrogen-bond acceptors (Lipinski definition) is 4. The van der Waals surface area contributed by atoms with Gasteiger partial charge in [0.1, 0.15) is 0 Å². The number of likely N-dealkylation sites (tertiary alicyclic amines) is 2. The maximum atomic E-state index is 12.6. The molecular formula is C20H27N3OS. The molecule has 1 aromatic carbocycles. The minimum absolute atomic E-state index is 0.317. The number of piperidine rings is 2. The van der Waals surface area contributed by atoms with Crippen LogP contribution in [0.1, 0.15) is 43.5 Å². The predicted molar refractivity (Wildman–Crippen MR) is 103 cm³/mol. The summed E-state index contributed by atoms with van der Waals surface area (Å²) in [6.45, 7) is 6.75. The zero-order chi connectivity index (χ0) is 17.2. The van der Waals surface area contributed by atoms with Gasteiger partial charge in [0.2, 0.25) is 5.91 Å². The van der Waals surface area contributed by atoms with Gasteiger partial charge in [-0.25, -0.2) is 4.98 Å². The lowest BCUT2D eigenvalue weighted by atomic mass is 9.98. The number of carbonyl (C=O) groups excluding carboxylic acids is 1. The normalized spacial score (nSPS) is 23.2. The Labute approximate surface area is 153 Å². The molecule has 4 nitrogen and oxygen atoms in total. The number of benzene rings is 1. The van der Waals surface area contributed by atoms with E-state index >= 15 is 0 Å². The van der Waals surface area contributed by atoms with Crippen LogP contribution in [0.15, 0.2) is 24.3 Å². The first kappa shape index (κ1) is 17.0. The van der Waals surface area contributed by atoms with Crippen LogP contribution < -0.4 is 0 Å². The molecular weight excluding hydrogens is 330 g/mol. The van der Waals surface area contributed by atoms with Gasteiger partial charge in [-0.15, -0.1) is 11.3 Å². The Morgan fingerprint density at radius 3 is 2.80 bits per heavy atom. The molecule has 3 heterocycles. The lowest BCUT2D eigenvalue weighted by Gasteiger charge is -2.35. The average Bonchev–Trinajstić information content (AvgIpc) is 3.07. The maximum Gasteiger partial charge on any atom is 0.236 e. The van der Waals surface area contributed by atoms with Gasteiger partial charge in [0.15, 0.2) is 0 Å². The molecule has 2 fully saturated rings. The number of para-hydroxylation sites is 1. The topological polar surface area (TPSA) is 36.4 Å². The van der Waals surface area contributed by atoms with Crippen LogP contribution in [0.3, 0.4) is 0 Å². The van der Waals surface area contributed by atoms with E-state index in [4.69, 9.17) is 4.98 Å². The summed E-state index contributed by atoms with van der Waals surface area (Å²) in [4.78, 5) is 21.9. The summed E-state index contributed by atoms with van der Waals surface area (Å²) in [5.74, 6) is 1.56. The van der Waals surface area contributed by atoms with E-state index in [2.05, 4.69) is 41.0 Å². The first-order chi connectivity index (χ1) is 12.2. The third-order valence-corrected chi connectivity index (χ3v) is 6.86. The highest BCUT2D eigenvalue weighted by Gasteiger charge is 2.27. The number of amides is 1. The standard InChI is InChI=1S/C20H27N3OS/c1-15-8-11-23(12-9-15)19(24)14-22-10-4-5-16(13-22)20-21-17-6-2-3-7-18(17)25-20/h2-3,6-7,15-16H,4-5,8-14H2,1H3/t16-/m0/s1. The first-order valence-corrected chi connectivity index (χ1v) is 10.4. The van der Waals surface area contributed by atoms with Crippen molar-refractivity contribution in [2.24, 2.45) is 5.92 Å². The fraction of sp³-hybridized carbons (Fsp3) is 0.600. The van der Waals surface area contributed by atoms with Crippen molar-refractivity contribution < 1.29 is 4.79 Å². The lowest BCUT2D eigenvalue weighted by molar-refractivity contribution is -0.134. The third-order valence-electron chi connectivity index (χ3n) is 5.66. The second-order valence-electron chi connectivity index (χ2n) is 7.66. The van der Waals surface area contributed by atoms with Gasteiger partial charge in [0.25, 0.3) is 0 Å². The van der Waals surface area contributed by atoms with Crippen LogP contribution in [0.4, 0.5) is 0 Å². The van der Waals surface area contributed by atoms with Crippen molar-refractivity contribution in [3.05, 3.63) is 29.3 Å². The molecule has 2 aliphatic rings. The summed E-state index contributed by atoms with van der Waals surface area (Å²) in [5.41, 5.74) is 1.11. The smallest absolute Gasteiger partial charge is 0.236 e. The van der Waals surface area contributed by atoms with E-state index in [1.807, 2.05) is 11.3 Å². The second-order valence-corrected chi connectivity index (χ2v) is 8.72. The van der Waals surface area contributed by atoms with Gasteiger partial charge in [-0.1, -0.05) is 19.1 Å². The van der Waals surface area contributed by atoms with Gasteiger partial charge in [0, 0.05) is 25.6 Å². The van der Waals surface area contributed by atoms with Crippen LogP contribution in [0.5, 0.6) is 0 Å². The molecule has 0 bridgehead atoms. The molecule has 25 heavy (non-hydrogen) atoms. The van der Waals surface area contributed by atoms with E-state index in [0.717, 1.165) is 56.9 Å². The largest absolute Gasteiger partial charge is 0.342 e. The Bertz CT molecular complexity index is 702. The van der Waals surface area contributed by atoms with E-state index in [-0.39, 0.29) is 0 Å². The second kappa shape index (κ2) is 7.42. The minimum atomic E-state index is 0.317. The van der Waals surface area contributed by atoms with Crippen LogP contribution in [0, 0.1) is 5.92 Å². The highest BCUT2D eigenvalue weighted by Crippen LogP contribution is 2.33. The summed E-state index contributed by atoms with van der Waals surface area (Å²) in [5, 5.41) is 1.24. The van der Waals surface area contributed by atoms with Crippen molar-refractivity contribution in [2.75, 3.05) is 32.7 Å². The lowest BCUT2D eigenvalue weighted by Crippen LogP contribution is -2.46. The van der Waals surface area contributed by atoms with E-state index in [9.17, 15) is 4.79 Å². The molecule has 2 aromatic rings. The molecule has 2 saturated heterocycles. The summed E-state index contributed by atoms with van der Waals surface area (Å²) in [7, 11) is 0. The van der Waals surface area contributed by atoms with Crippen molar-refractivity contribution in [3.8, 4) is 0 Å². The Hall–Kier alpha value is -1.46. The Balaban J connectivity index is 1.38. The molecule has 1 aromatic heterocycles. The van der Waals surface area contributed by atoms with Crippen molar-refractivity contribution in [1.29, 1.82) is 0 Å². The highest BCUT2D eigenvalue weighted by molar-refractivity contribution is 7.18. The first-order valence-electron chi connectivity index (χ1n) is 9.54. The van der Waals surface area contributed by atoms with Crippen LogP contribution in [0.2, 0.25) is 0 Å². The molecule has 1 amide bonds. The van der Waals surface area contributed by atoms with E-state index in [1.165, 1.54) is 16.1 Å². The van der Waals surface area contributed by atoms with E-state index in [1.54, 1.807) is 0 Å². The molecule has 0 saturated carbocycles. The number of carbonyl (C=O) groups is 1. The van der Waals surface area contributed by atoms with E-state index in [0.29, 0.717) is 18.4 Å². The molecule has 134 valence electrons. The van der Waals surface area contributed by atoms with Crippen molar-refractivity contribution >= 4 is 27.5 Å². The SMILES string of the molecule is CC1CCN(C(=O)CN2CCC[C@H](c3nc4ccccc4s3)C2)CC1. The van der Waals surface area contributed by atoms with Crippen LogP contribution >= 0.6 is 11.3 Å². The molecule has 2 aliphatic heterocycles. The molecule has 0 aliphatic carbocycles. The van der Waals surface area contributed by atoms with Crippen LogP contribution in [0.25, 0.3) is 10.2 Å². The van der Waals surface area contributed by atoms with Gasteiger partial charge < -0.3 is 4.90 Å².